The van der Waals surface area contributed by atoms with Crippen LogP contribution in [0, 0.1) is 5.82 Å². The van der Waals surface area contributed by atoms with Crippen molar-refractivity contribution in [2.24, 2.45) is 0 Å². The highest BCUT2D eigenvalue weighted by Crippen LogP contribution is 2.29. The van der Waals surface area contributed by atoms with Gasteiger partial charge in [-0.15, -0.1) is 0 Å². The van der Waals surface area contributed by atoms with Gasteiger partial charge in [0.1, 0.15) is 11.9 Å². The summed E-state index contributed by atoms with van der Waals surface area (Å²) in [4.78, 5) is 14.2. The number of piperidine rings is 1. The first-order valence-corrected chi connectivity index (χ1v) is 8.47. The maximum atomic E-state index is 12.9. The molecule has 1 amide bonds. The molecule has 1 saturated heterocycles. The Bertz CT molecular complexity index is 709. The molecule has 1 aliphatic heterocycles. The third kappa shape index (κ3) is 4.50. The van der Waals surface area contributed by atoms with Crippen LogP contribution in [0.5, 0.6) is 11.5 Å². The summed E-state index contributed by atoms with van der Waals surface area (Å²) in [6.45, 7) is 1.33. The van der Waals surface area contributed by atoms with Crippen LogP contribution in [0.3, 0.4) is 0 Å². The van der Waals surface area contributed by atoms with Crippen molar-refractivity contribution in [3.63, 3.8) is 0 Å². The average Bonchev–Trinajstić information content (AvgIpc) is 2.64. The van der Waals surface area contributed by atoms with Crippen LogP contribution in [-0.2, 0) is 11.2 Å². The summed E-state index contributed by atoms with van der Waals surface area (Å²) in [5.74, 6) is 1.24. The maximum Gasteiger partial charge on any atom is 0.226 e. The number of carbonyl (C=O) groups is 1. The van der Waals surface area contributed by atoms with Crippen molar-refractivity contribution in [2.45, 2.75) is 25.4 Å². The third-order valence-corrected chi connectivity index (χ3v) is 4.43. The van der Waals surface area contributed by atoms with Crippen molar-refractivity contribution in [2.75, 3.05) is 20.2 Å². The molecule has 0 bridgehead atoms. The van der Waals surface area contributed by atoms with Crippen molar-refractivity contribution in [1.82, 2.24) is 4.90 Å². The zero-order chi connectivity index (χ0) is 17.6. The molecule has 1 heterocycles. The fourth-order valence-corrected chi connectivity index (χ4v) is 3.01. The minimum Gasteiger partial charge on any atom is -0.493 e. The molecule has 0 saturated carbocycles. The second kappa shape index (κ2) is 8.01. The number of carbonyl (C=O) groups excluding carboxylic acids is 1. The lowest BCUT2D eigenvalue weighted by atomic mass is 10.1. The topological polar surface area (TPSA) is 38.8 Å². The van der Waals surface area contributed by atoms with E-state index in [2.05, 4.69) is 0 Å². The number of hydrogen-bond acceptors (Lipinski definition) is 3. The highest BCUT2D eigenvalue weighted by molar-refractivity contribution is 5.78. The molecule has 1 aliphatic rings. The molecule has 0 spiro atoms. The van der Waals surface area contributed by atoms with Gasteiger partial charge in [0.15, 0.2) is 11.5 Å². The second-order valence-electron chi connectivity index (χ2n) is 6.15. The molecule has 2 aromatic rings. The standard InChI is InChI=1S/C20H22FNO3/c1-24-18-4-2-3-5-19(18)25-17-10-12-22(13-11-17)20(23)14-15-6-8-16(21)9-7-15/h2-9,17H,10-14H2,1H3. The van der Waals surface area contributed by atoms with E-state index in [4.69, 9.17) is 9.47 Å². The van der Waals surface area contributed by atoms with E-state index in [1.165, 1.54) is 12.1 Å². The lowest BCUT2D eigenvalue weighted by molar-refractivity contribution is -0.132. The summed E-state index contributed by atoms with van der Waals surface area (Å²) < 4.78 is 24.3. The first kappa shape index (κ1) is 17.3. The van der Waals surface area contributed by atoms with Crippen molar-refractivity contribution in [3.8, 4) is 11.5 Å². The number of nitrogens with zero attached hydrogens (tertiary/aromatic N) is 1. The molecule has 4 nitrogen and oxygen atoms in total. The van der Waals surface area contributed by atoms with E-state index in [0.717, 1.165) is 29.9 Å². The van der Waals surface area contributed by atoms with Gasteiger partial charge in [-0.1, -0.05) is 24.3 Å². The van der Waals surface area contributed by atoms with E-state index in [-0.39, 0.29) is 17.8 Å². The van der Waals surface area contributed by atoms with Crippen LogP contribution in [0.2, 0.25) is 0 Å². The average molecular weight is 343 g/mol. The van der Waals surface area contributed by atoms with Crippen molar-refractivity contribution in [3.05, 3.63) is 59.9 Å². The van der Waals surface area contributed by atoms with Gasteiger partial charge in [0.25, 0.3) is 0 Å². The molecule has 2 aromatic carbocycles. The number of amides is 1. The molecule has 0 radical (unpaired) electrons. The lowest BCUT2D eigenvalue weighted by Gasteiger charge is -2.32. The molecule has 0 unspecified atom stereocenters. The quantitative estimate of drug-likeness (QED) is 0.835. The van der Waals surface area contributed by atoms with Crippen LogP contribution in [-0.4, -0.2) is 37.1 Å². The molecule has 25 heavy (non-hydrogen) atoms. The maximum absolute atomic E-state index is 12.9. The van der Waals surface area contributed by atoms with Crippen LogP contribution >= 0.6 is 0 Å². The number of rotatable bonds is 5. The Balaban J connectivity index is 1.51. The van der Waals surface area contributed by atoms with Gasteiger partial charge in [0.05, 0.1) is 13.5 Å². The number of methoxy groups -OCH3 is 1. The van der Waals surface area contributed by atoms with Crippen LogP contribution in [0.15, 0.2) is 48.5 Å². The van der Waals surface area contributed by atoms with Gasteiger partial charge in [-0.3, -0.25) is 4.79 Å². The summed E-state index contributed by atoms with van der Waals surface area (Å²) in [5.41, 5.74) is 0.832. The number of hydrogen-bond donors (Lipinski definition) is 0. The van der Waals surface area contributed by atoms with E-state index in [1.54, 1.807) is 19.2 Å². The summed E-state index contributed by atoms with van der Waals surface area (Å²) in [6, 6.07) is 13.7. The van der Waals surface area contributed by atoms with Crippen molar-refractivity contribution < 1.29 is 18.7 Å². The van der Waals surface area contributed by atoms with Crippen LogP contribution in [0.25, 0.3) is 0 Å². The summed E-state index contributed by atoms with van der Waals surface area (Å²) in [6.07, 6.45) is 1.95. The summed E-state index contributed by atoms with van der Waals surface area (Å²) >= 11 is 0. The number of likely N-dealkylation sites (tertiary alicyclic amines) is 1. The van der Waals surface area contributed by atoms with Gasteiger partial charge in [-0.05, 0) is 29.8 Å². The van der Waals surface area contributed by atoms with Gasteiger partial charge in [0, 0.05) is 25.9 Å². The smallest absolute Gasteiger partial charge is 0.226 e. The van der Waals surface area contributed by atoms with Gasteiger partial charge in [-0.2, -0.15) is 0 Å². The van der Waals surface area contributed by atoms with E-state index in [1.807, 2.05) is 29.2 Å². The highest BCUT2D eigenvalue weighted by atomic mass is 19.1. The molecular weight excluding hydrogens is 321 g/mol. The Morgan fingerprint density at radius 1 is 1.08 bits per heavy atom. The normalized spacial score (nSPS) is 15.0. The van der Waals surface area contributed by atoms with E-state index < -0.39 is 0 Å². The largest absolute Gasteiger partial charge is 0.493 e. The fourth-order valence-electron chi connectivity index (χ4n) is 3.01. The van der Waals surface area contributed by atoms with Crippen LogP contribution in [0.4, 0.5) is 4.39 Å². The Morgan fingerprint density at radius 2 is 1.72 bits per heavy atom. The predicted molar refractivity (Wildman–Crippen MR) is 93.3 cm³/mol. The number of ether oxygens (including phenoxy) is 2. The monoisotopic (exact) mass is 343 g/mol. The first-order valence-electron chi connectivity index (χ1n) is 8.47. The fraction of sp³-hybridized carbons (Fsp3) is 0.350. The Kier molecular flexibility index (Phi) is 5.53. The zero-order valence-corrected chi connectivity index (χ0v) is 14.3. The number of para-hydroxylation sites is 2. The van der Waals surface area contributed by atoms with E-state index >= 15 is 0 Å². The van der Waals surface area contributed by atoms with Gasteiger partial charge >= 0.3 is 0 Å². The zero-order valence-electron chi connectivity index (χ0n) is 14.3. The molecular formula is C20H22FNO3. The molecule has 0 aromatic heterocycles. The predicted octanol–water partition coefficient (Wildman–Crippen LogP) is 3.45. The van der Waals surface area contributed by atoms with Crippen LogP contribution < -0.4 is 9.47 Å². The van der Waals surface area contributed by atoms with Gasteiger partial charge in [-0.25, -0.2) is 4.39 Å². The summed E-state index contributed by atoms with van der Waals surface area (Å²) in [5, 5.41) is 0. The van der Waals surface area contributed by atoms with Gasteiger partial charge in [0.2, 0.25) is 5.91 Å². The third-order valence-electron chi connectivity index (χ3n) is 4.43. The summed E-state index contributed by atoms with van der Waals surface area (Å²) in [7, 11) is 1.62. The molecule has 0 N–H and O–H groups in total. The molecule has 0 aliphatic carbocycles. The molecule has 132 valence electrons. The number of halogens is 1. The lowest BCUT2D eigenvalue weighted by Crippen LogP contribution is -2.42. The minimum atomic E-state index is -0.287. The SMILES string of the molecule is COc1ccccc1OC1CCN(C(=O)Cc2ccc(F)cc2)CC1. The molecule has 5 heteroatoms. The van der Waals surface area contributed by atoms with Crippen molar-refractivity contribution in [1.29, 1.82) is 0 Å². The van der Waals surface area contributed by atoms with E-state index in [0.29, 0.717) is 19.5 Å². The Hall–Kier alpha value is -2.56. The second-order valence-corrected chi connectivity index (χ2v) is 6.15. The van der Waals surface area contributed by atoms with Crippen molar-refractivity contribution >= 4 is 5.91 Å². The molecule has 1 fully saturated rings. The Labute approximate surface area is 147 Å². The van der Waals surface area contributed by atoms with Crippen LogP contribution in [0.1, 0.15) is 18.4 Å². The molecule has 0 atom stereocenters. The minimum absolute atomic E-state index is 0.0716. The highest BCUT2D eigenvalue weighted by Gasteiger charge is 2.24. The Morgan fingerprint density at radius 3 is 2.36 bits per heavy atom. The number of benzene rings is 2. The van der Waals surface area contributed by atoms with E-state index in [9.17, 15) is 9.18 Å². The molecule has 3 rings (SSSR count). The van der Waals surface area contributed by atoms with Gasteiger partial charge < -0.3 is 14.4 Å². The first-order chi connectivity index (χ1) is 12.2.